The Hall–Kier alpha value is -2.23. The van der Waals surface area contributed by atoms with Gasteiger partial charge in [-0.2, -0.15) is 0 Å². The number of primary amides is 1. The molecule has 0 unspecified atom stereocenters. The molecule has 1 amide bonds. The van der Waals surface area contributed by atoms with Crippen LogP contribution in [-0.2, 0) is 11.8 Å². The van der Waals surface area contributed by atoms with E-state index in [-0.39, 0.29) is 0 Å². The predicted octanol–water partition coefficient (Wildman–Crippen LogP) is 2.38. The fourth-order valence-corrected chi connectivity index (χ4v) is 2.21. The van der Waals surface area contributed by atoms with Crippen molar-refractivity contribution in [2.75, 3.05) is 6.61 Å². The fraction of sp³-hybridized carbons (Fsp3) is 0.267. The van der Waals surface area contributed by atoms with E-state index in [9.17, 15) is 4.79 Å². The summed E-state index contributed by atoms with van der Waals surface area (Å²) in [6.45, 7) is 4.60. The molecule has 2 N–H and O–H groups in total. The van der Waals surface area contributed by atoms with Crippen molar-refractivity contribution >= 4 is 22.9 Å². The number of benzene rings is 1. The van der Waals surface area contributed by atoms with Gasteiger partial charge in [0.25, 0.3) is 0 Å². The summed E-state index contributed by atoms with van der Waals surface area (Å²) in [5.41, 5.74) is 8.35. The molecule has 2 rings (SSSR count). The summed E-state index contributed by atoms with van der Waals surface area (Å²) in [6, 6.07) is 5.97. The average molecular weight is 258 g/mol. The van der Waals surface area contributed by atoms with Crippen LogP contribution in [0, 0.1) is 6.92 Å². The quantitative estimate of drug-likeness (QED) is 0.856. The Kier molecular flexibility index (Phi) is 3.60. The number of carbonyl (C=O) groups excluding carboxylic acids is 1. The number of aromatic nitrogens is 1. The van der Waals surface area contributed by atoms with Gasteiger partial charge < -0.3 is 15.0 Å². The number of ether oxygens (including phenoxy) is 1. The molecule has 2 aromatic rings. The van der Waals surface area contributed by atoms with E-state index in [1.807, 2.05) is 39.1 Å². The Balaban J connectivity index is 2.63. The van der Waals surface area contributed by atoms with E-state index >= 15 is 0 Å². The zero-order valence-electron chi connectivity index (χ0n) is 11.4. The summed E-state index contributed by atoms with van der Waals surface area (Å²) < 4.78 is 7.61. The molecule has 0 atom stereocenters. The van der Waals surface area contributed by atoms with Gasteiger partial charge in [0, 0.05) is 35.3 Å². The van der Waals surface area contributed by atoms with Crippen molar-refractivity contribution < 1.29 is 9.53 Å². The molecule has 0 aliphatic rings. The molecule has 0 spiro atoms. The Morgan fingerprint density at radius 3 is 2.84 bits per heavy atom. The Labute approximate surface area is 112 Å². The van der Waals surface area contributed by atoms with Crippen LogP contribution in [0.1, 0.15) is 18.2 Å². The van der Waals surface area contributed by atoms with Gasteiger partial charge in [-0.1, -0.05) is 0 Å². The van der Waals surface area contributed by atoms with Gasteiger partial charge in [0.1, 0.15) is 5.75 Å². The summed E-state index contributed by atoms with van der Waals surface area (Å²) in [7, 11) is 2.00. The Morgan fingerprint density at radius 2 is 2.21 bits per heavy atom. The lowest BCUT2D eigenvalue weighted by Crippen LogP contribution is -2.05. The number of nitrogens with zero attached hydrogens (tertiary/aromatic N) is 1. The van der Waals surface area contributed by atoms with E-state index < -0.39 is 5.91 Å². The van der Waals surface area contributed by atoms with Crippen LogP contribution in [0.15, 0.2) is 24.3 Å². The zero-order valence-corrected chi connectivity index (χ0v) is 11.4. The summed E-state index contributed by atoms with van der Waals surface area (Å²) in [5, 5.41) is 1.06. The smallest absolute Gasteiger partial charge is 0.241 e. The maximum absolute atomic E-state index is 10.9. The molecule has 0 fully saturated rings. The van der Waals surface area contributed by atoms with Crippen LogP contribution in [0.4, 0.5) is 0 Å². The first-order valence-electron chi connectivity index (χ1n) is 6.24. The summed E-state index contributed by atoms with van der Waals surface area (Å²) >= 11 is 0. The van der Waals surface area contributed by atoms with Crippen LogP contribution in [0.3, 0.4) is 0 Å². The van der Waals surface area contributed by atoms with Gasteiger partial charge in [-0.25, -0.2) is 0 Å². The number of aryl methyl sites for hydroxylation is 1. The average Bonchev–Trinajstić information content (AvgIpc) is 2.60. The predicted molar refractivity (Wildman–Crippen MR) is 77.1 cm³/mol. The lowest BCUT2D eigenvalue weighted by Gasteiger charge is -2.03. The van der Waals surface area contributed by atoms with E-state index in [1.165, 1.54) is 6.08 Å². The second kappa shape index (κ2) is 5.18. The molecule has 0 saturated carbocycles. The minimum atomic E-state index is -0.447. The van der Waals surface area contributed by atoms with Crippen LogP contribution in [0.5, 0.6) is 5.75 Å². The molecular formula is C15H18N2O2. The van der Waals surface area contributed by atoms with E-state index in [2.05, 4.69) is 4.57 Å². The first kappa shape index (κ1) is 13.2. The third kappa shape index (κ3) is 2.47. The molecule has 0 radical (unpaired) electrons. The molecule has 0 aliphatic carbocycles. The maximum atomic E-state index is 10.9. The molecule has 4 nitrogen and oxygen atoms in total. The lowest BCUT2D eigenvalue weighted by molar-refractivity contribution is -0.113. The van der Waals surface area contributed by atoms with Crippen molar-refractivity contribution in [1.82, 2.24) is 4.57 Å². The van der Waals surface area contributed by atoms with E-state index in [4.69, 9.17) is 10.5 Å². The van der Waals surface area contributed by atoms with Crippen LogP contribution < -0.4 is 10.5 Å². The monoisotopic (exact) mass is 258 g/mol. The van der Waals surface area contributed by atoms with Crippen LogP contribution >= 0.6 is 0 Å². The second-order valence-corrected chi connectivity index (χ2v) is 4.41. The number of carbonyl (C=O) groups is 1. The highest BCUT2D eigenvalue weighted by Crippen LogP contribution is 2.29. The first-order chi connectivity index (χ1) is 9.04. The molecule has 0 saturated heterocycles. The van der Waals surface area contributed by atoms with Gasteiger partial charge in [-0.15, -0.1) is 0 Å². The minimum Gasteiger partial charge on any atom is -0.494 e. The summed E-state index contributed by atoms with van der Waals surface area (Å²) in [6.07, 6.45) is 3.14. The first-order valence-corrected chi connectivity index (χ1v) is 6.24. The van der Waals surface area contributed by atoms with Gasteiger partial charge >= 0.3 is 0 Å². The van der Waals surface area contributed by atoms with Crippen molar-refractivity contribution in [1.29, 1.82) is 0 Å². The lowest BCUT2D eigenvalue weighted by atomic mass is 10.1. The molecular weight excluding hydrogens is 240 g/mol. The van der Waals surface area contributed by atoms with Crippen LogP contribution in [0.25, 0.3) is 17.0 Å². The molecule has 0 aliphatic heterocycles. The highest BCUT2D eigenvalue weighted by atomic mass is 16.5. The normalized spacial score (nSPS) is 11.3. The summed E-state index contributed by atoms with van der Waals surface area (Å²) in [4.78, 5) is 10.9. The van der Waals surface area contributed by atoms with Crippen molar-refractivity contribution in [2.45, 2.75) is 13.8 Å². The van der Waals surface area contributed by atoms with Gasteiger partial charge in [-0.05, 0) is 38.1 Å². The third-order valence-electron chi connectivity index (χ3n) is 3.24. The maximum Gasteiger partial charge on any atom is 0.241 e. The molecule has 0 bridgehead atoms. The number of rotatable bonds is 4. The molecule has 100 valence electrons. The van der Waals surface area contributed by atoms with Crippen molar-refractivity contribution in [3.63, 3.8) is 0 Å². The van der Waals surface area contributed by atoms with E-state index in [0.717, 1.165) is 27.9 Å². The number of fused-ring (bicyclic) bond motifs is 1. The number of hydrogen-bond acceptors (Lipinski definition) is 2. The van der Waals surface area contributed by atoms with Gasteiger partial charge in [0.05, 0.1) is 6.61 Å². The number of amides is 1. The van der Waals surface area contributed by atoms with Crippen LogP contribution in [0.2, 0.25) is 0 Å². The zero-order chi connectivity index (χ0) is 14.0. The van der Waals surface area contributed by atoms with Crippen LogP contribution in [-0.4, -0.2) is 17.1 Å². The van der Waals surface area contributed by atoms with E-state index in [1.54, 1.807) is 6.08 Å². The SMILES string of the molecule is CCOc1ccc2c(c1)c(/C=C/C(N)=O)c(C)n2C. The topological polar surface area (TPSA) is 57.2 Å². The minimum absolute atomic E-state index is 0.447. The second-order valence-electron chi connectivity index (χ2n) is 4.41. The Morgan fingerprint density at radius 1 is 1.47 bits per heavy atom. The molecule has 4 heteroatoms. The number of nitrogens with two attached hydrogens (primary N) is 1. The molecule has 1 heterocycles. The highest BCUT2D eigenvalue weighted by molar-refractivity contribution is 5.97. The Bertz CT molecular complexity index is 654. The summed E-state index contributed by atoms with van der Waals surface area (Å²) in [5.74, 6) is 0.381. The van der Waals surface area contributed by atoms with Gasteiger partial charge in [-0.3, -0.25) is 4.79 Å². The van der Waals surface area contributed by atoms with Crippen molar-refractivity contribution in [2.24, 2.45) is 12.8 Å². The molecule has 1 aromatic heterocycles. The third-order valence-corrected chi connectivity index (χ3v) is 3.24. The van der Waals surface area contributed by atoms with E-state index in [0.29, 0.717) is 6.61 Å². The van der Waals surface area contributed by atoms with Gasteiger partial charge in [0.2, 0.25) is 5.91 Å². The highest BCUT2D eigenvalue weighted by Gasteiger charge is 2.10. The fourth-order valence-electron chi connectivity index (χ4n) is 2.21. The number of hydrogen-bond donors (Lipinski definition) is 1. The molecule has 19 heavy (non-hydrogen) atoms. The van der Waals surface area contributed by atoms with Crippen molar-refractivity contribution in [3.8, 4) is 5.75 Å². The largest absolute Gasteiger partial charge is 0.494 e. The van der Waals surface area contributed by atoms with Crippen molar-refractivity contribution in [3.05, 3.63) is 35.5 Å². The standard InChI is InChI=1S/C15H18N2O2/c1-4-19-11-5-7-14-13(9-11)12(6-8-15(16)18)10(2)17(14)3/h5-9H,4H2,1-3H3,(H2,16,18)/b8-6+. The van der Waals surface area contributed by atoms with Gasteiger partial charge in [0.15, 0.2) is 0 Å². The molecule has 1 aromatic carbocycles.